The summed E-state index contributed by atoms with van der Waals surface area (Å²) in [5.74, 6) is 0.457. The van der Waals surface area contributed by atoms with Gasteiger partial charge in [-0.05, 0) is 24.6 Å². The van der Waals surface area contributed by atoms with Crippen LogP contribution in [-0.4, -0.2) is 24.3 Å². The van der Waals surface area contributed by atoms with Crippen LogP contribution >= 0.6 is 0 Å². The molecular formula is C15H18N2O3. The van der Waals surface area contributed by atoms with Gasteiger partial charge in [-0.25, -0.2) is 4.79 Å². The second kappa shape index (κ2) is 6.65. The van der Waals surface area contributed by atoms with Crippen LogP contribution in [0.25, 0.3) is 0 Å². The molecule has 20 heavy (non-hydrogen) atoms. The zero-order valence-electron chi connectivity index (χ0n) is 11.4. The van der Waals surface area contributed by atoms with Crippen LogP contribution in [0.2, 0.25) is 0 Å². The quantitative estimate of drug-likeness (QED) is 0.648. The number of carbonyl (C=O) groups is 1. The maximum atomic E-state index is 11.6. The number of rotatable bonds is 6. The molecule has 0 aliphatic carbocycles. The molecule has 0 unspecified atom stereocenters. The summed E-state index contributed by atoms with van der Waals surface area (Å²) in [7, 11) is 1.36. The van der Waals surface area contributed by atoms with E-state index in [9.17, 15) is 4.79 Å². The van der Waals surface area contributed by atoms with Gasteiger partial charge in [0.05, 0.1) is 19.4 Å². The standard InChI is InChI=1S/C15H18N2O3/c1-19-15(18)14-10-12(16)11-17(14)8-5-9-20-13-6-3-2-4-7-13/h2-4,6-7,10-11H,5,8-9,16H2,1H3. The third-order valence-electron chi connectivity index (χ3n) is 2.87. The Morgan fingerprint density at radius 1 is 1.30 bits per heavy atom. The number of ether oxygens (including phenoxy) is 2. The number of carbonyl (C=O) groups excluding carboxylic acids is 1. The van der Waals surface area contributed by atoms with Gasteiger partial charge in [-0.1, -0.05) is 18.2 Å². The first kappa shape index (κ1) is 14.0. The highest BCUT2D eigenvalue weighted by atomic mass is 16.5. The Labute approximate surface area is 117 Å². The molecule has 0 spiro atoms. The molecule has 0 amide bonds. The number of anilines is 1. The number of methoxy groups -OCH3 is 1. The highest BCUT2D eigenvalue weighted by molar-refractivity contribution is 5.88. The Hall–Kier alpha value is -2.43. The van der Waals surface area contributed by atoms with Gasteiger partial charge in [-0.2, -0.15) is 0 Å². The fourth-order valence-corrected chi connectivity index (χ4v) is 1.93. The first-order chi connectivity index (χ1) is 9.70. The largest absolute Gasteiger partial charge is 0.494 e. The van der Waals surface area contributed by atoms with Gasteiger partial charge in [0.1, 0.15) is 11.4 Å². The van der Waals surface area contributed by atoms with Crippen molar-refractivity contribution in [3.05, 3.63) is 48.3 Å². The van der Waals surface area contributed by atoms with Crippen molar-refractivity contribution in [1.82, 2.24) is 4.57 Å². The summed E-state index contributed by atoms with van der Waals surface area (Å²) in [6.07, 6.45) is 2.50. The Morgan fingerprint density at radius 3 is 2.75 bits per heavy atom. The number of aryl methyl sites for hydroxylation is 1. The Bertz CT molecular complexity index is 564. The Kier molecular flexibility index (Phi) is 4.65. The van der Waals surface area contributed by atoms with Gasteiger partial charge >= 0.3 is 5.97 Å². The normalized spacial score (nSPS) is 10.2. The summed E-state index contributed by atoms with van der Waals surface area (Å²) in [5, 5.41) is 0. The molecule has 2 rings (SSSR count). The van der Waals surface area contributed by atoms with Crippen LogP contribution in [0.1, 0.15) is 16.9 Å². The lowest BCUT2D eigenvalue weighted by Gasteiger charge is -2.09. The van der Waals surface area contributed by atoms with Gasteiger partial charge in [0.15, 0.2) is 0 Å². The highest BCUT2D eigenvalue weighted by Crippen LogP contribution is 2.13. The number of nitrogens with zero attached hydrogens (tertiary/aromatic N) is 1. The molecule has 0 saturated heterocycles. The van der Waals surface area contributed by atoms with Crippen LogP contribution in [0.15, 0.2) is 42.6 Å². The molecule has 2 aromatic rings. The van der Waals surface area contributed by atoms with Crippen molar-refractivity contribution in [2.75, 3.05) is 19.5 Å². The van der Waals surface area contributed by atoms with E-state index in [4.69, 9.17) is 15.2 Å². The monoisotopic (exact) mass is 274 g/mol. The third-order valence-corrected chi connectivity index (χ3v) is 2.87. The molecule has 0 saturated carbocycles. The second-order valence-electron chi connectivity index (χ2n) is 4.36. The van der Waals surface area contributed by atoms with Gasteiger partial charge in [-0.3, -0.25) is 0 Å². The van der Waals surface area contributed by atoms with Crippen LogP contribution < -0.4 is 10.5 Å². The zero-order chi connectivity index (χ0) is 14.4. The molecule has 106 valence electrons. The minimum absolute atomic E-state index is 0.384. The van der Waals surface area contributed by atoms with Gasteiger partial charge in [0, 0.05) is 12.7 Å². The fourth-order valence-electron chi connectivity index (χ4n) is 1.93. The number of hydrogen-bond donors (Lipinski definition) is 1. The number of para-hydroxylation sites is 1. The van der Waals surface area contributed by atoms with Gasteiger partial charge < -0.3 is 19.8 Å². The van der Waals surface area contributed by atoms with Crippen LogP contribution in [0.5, 0.6) is 5.75 Å². The second-order valence-corrected chi connectivity index (χ2v) is 4.36. The topological polar surface area (TPSA) is 66.5 Å². The SMILES string of the molecule is COC(=O)c1cc(N)cn1CCCOc1ccccc1. The van der Waals surface area contributed by atoms with E-state index in [0.29, 0.717) is 24.5 Å². The fraction of sp³-hybridized carbons (Fsp3) is 0.267. The molecule has 0 radical (unpaired) electrons. The number of benzene rings is 1. The van der Waals surface area contributed by atoms with Crippen LogP contribution in [0.4, 0.5) is 5.69 Å². The van der Waals surface area contributed by atoms with Crippen molar-refractivity contribution in [3.63, 3.8) is 0 Å². The number of nitrogens with two attached hydrogens (primary N) is 1. The van der Waals surface area contributed by atoms with Gasteiger partial charge in [0.25, 0.3) is 0 Å². The van der Waals surface area contributed by atoms with Crippen molar-refractivity contribution in [3.8, 4) is 5.75 Å². The zero-order valence-corrected chi connectivity index (χ0v) is 11.4. The number of hydrogen-bond acceptors (Lipinski definition) is 4. The lowest BCUT2D eigenvalue weighted by molar-refractivity contribution is 0.0588. The lowest BCUT2D eigenvalue weighted by atomic mass is 10.3. The van der Waals surface area contributed by atoms with Crippen molar-refractivity contribution >= 4 is 11.7 Å². The minimum Gasteiger partial charge on any atom is -0.494 e. The van der Waals surface area contributed by atoms with Gasteiger partial charge in [0.2, 0.25) is 0 Å². The highest BCUT2D eigenvalue weighted by Gasteiger charge is 2.12. The lowest BCUT2D eigenvalue weighted by Crippen LogP contribution is -2.11. The predicted molar refractivity (Wildman–Crippen MR) is 76.7 cm³/mol. The molecule has 2 N–H and O–H groups in total. The third kappa shape index (κ3) is 3.54. The maximum absolute atomic E-state index is 11.6. The molecule has 0 aliphatic heterocycles. The predicted octanol–water partition coefficient (Wildman–Crippen LogP) is 2.33. The average molecular weight is 274 g/mol. The summed E-state index contributed by atoms with van der Waals surface area (Å²) in [5.41, 5.74) is 6.72. The molecule has 0 fully saturated rings. The maximum Gasteiger partial charge on any atom is 0.354 e. The molecule has 1 aromatic carbocycles. The Morgan fingerprint density at radius 2 is 2.05 bits per heavy atom. The summed E-state index contributed by atoms with van der Waals surface area (Å²) in [6.45, 7) is 1.22. The van der Waals surface area contributed by atoms with Crippen LogP contribution in [0, 0.1) is 0 Å². The van der Waals surface area contributed by atoms with E-state index < -0.39 is 0 Å². The van der Waals surface area contributed by atoms with E-state index in [1.807, 2.05) is 30.3 Å². The van der Waals surface area contributed by atoms with Crippen LogP contribution in [-0.2, 0) is 11.3 Å². The summed E-state index contributed by atoms with van der Waals surface area (Å²) in [4.78, 5) is 11.6. The molecule has 1 aromatic heterocycles. The number of nitrogen functional groups attached to an aromatic ring is 1. The minimum atomic E-state index is -0.384. The molecule has 0 atom stereocenters. The van der Waals surface area contributed by atoms with E-state index in [0.717, 1.165) is 12.2 Å². The van der Waals surface area contributed by atoms with Crippen LogP contribution in [0.3, 0.4) is 0 Å². The van der Waals surface area contributed by atoms with Crippen molar-refractivity contribution in [1.29, 1.82) is 0 Å². The summed E-state index contributed by atoms with van der Waals surface area (Å²) >= 11 is 0. The summed E-state index contributed by atoms with van der Waals surface area (Å²) < 4.78 is 12.1. The van der Waals surface area contributed by atoms with Crippen molar-refractivity contribution in [2.45, 2.75) is 13.0 Å². The molecular weight excluding hydrogens is 256 g/mol. The number of aromatic nitrogens is 1. The van der Waals surface area contributed by atoms with E-state index >= 15 is 0 Å². The first-order valence-corrected chi connectivity index (χ1v) is 6.42. The average Bonchev–Trinajstić information content (AvgIpc) is 2.85. The first-order valence-electron chi connectivity index (χ1n) is 6.42. The Balaban J connectivity index is 1.86. The molecule has 5 nitrogen and oxygen atoms in total. The molecule has 5 heteroatoms. The molecule has 1 heterocycles. The van der Waals surface area contributed by atoms with E-state index in [-0.39, 0.29) is 5.97 Å². The van der Waals surface area contributed by atoms with Crippen molar-refractivity contribution in [2.24, 2.45) is 0 Å². The van der Waals surface area contributed by atoms with E-state index in [1.54, 1.807) is 16.8 Å². The van der Waals surface area contributed by atoms with E-state index in [1.165, 1.54) is 7.11 Å². The molecule has 0 aliphatic rings. The van der Waals surface area contributed by atoms with Gasteiger partial charge in [-0.15, -0.1) is 0 Å². The molecule has 0 bridgehead atoms. The smallest absolute Gasteiger partial charge is 0.354 e. The van der Waals surface area contributed by atoms with Crippen molar-refractivity contribution < 1.29 is 14.3 Å². The summed E-state index contributed by atoms with van der Waals surface area (Å²) in [6, 6.07) is 11.2. The van der Waals surface area contributed by atoms with E-state index in [2.05, 4.69) is 0 Å². The number of esters is 1.